The van der Waals surface area contributed by atoms with Gasteiger partial charge in [-0.15, -0.1) is 34.9 Å². The standard InChI is InChI=1S/C16H21N3O2S3/c1-9(2)11-18-15(3,7-23-11)13-17-10(6-22-13)12-19-16(4,8-24-12)14(20)21-5/h6,9H,7-8H2,1-5H3/t15-,16-/m0/s1. The zero-order valence-corrected chi connectivity index (χ0v) is 16.9. The van der Waals surface area contributed by atoms with E-state index in [1.54, 1.807) is 30.0 Å². The molecule has 3 heterocycles. The SMILES string of the molecule is COC(=O)[C@]1(C)CSC(c2csc([C@]3(C)CSC(C(C)C)=N3)n2)=N1. The van der Waals surface area contributed by atoms with Crippen LogP contribution in [-0.2, 0) is 15.1 Å². The van der Waals surface area contributed by atoms with Crippen LogP contribution in [0.4, 0.5) is 0 Å². The summed E-state index contributed by atoms with van der Waals surface area (Å²) >= 11 is 5.00. The molecule has 3 rings (SSSR count). The van der Waals surface area contributed by atoms with Gasteiger partial charge >= 0.3 is 5.97 Å². The van der Waals surface area contributed by atoms with Gasteiger partial charge in [-0.2, -0.15) is 0 Å². The molecule has 0 saturated carbocycles. The number of ether oxygens (including phenoxy) is 1. The molecule has 1 aromatic heterocycles. The van der Waals surface area contributed by atoms with Crippen molar-refractivity contribution in [2.45, 2.75) is 38.8 Å². The fourth-order valence-electron chi connectivity index (χ4n) is 2.50. The van der Waals surface area contributed by atoms with Gasteiger partial charge in [0.05, 0.1) is 12.2 Å². The Bertz CT molecular complexity index is 728. The summed E-state index contributed by atoms with van der Waals surface area (Å²) in [7, 11) is 1.40. The summed E-state index contributed by atoms with van der Waals surface area (Å²) in [6.45, 7) is 8.28. The summed E-state index contributed by atoms with van der Waals surface area (Å²) in [5.41, 5.74) is -0.232. The topological polar surface area (TPSA) is 63.9 Å². The van der Waals surface area contributed by atoms with Gasteiger partial charge in [0.1, 0.15) is 21.3 Å². The summed E-state index contributed by atoms with van der Waals surface area (Å²) < 4.78 is 4.86. The lowest BCUT2D eigenvalue weighted by Gasteiger charge is -2.16. The molecule has 24 heavy (non-hydrogen) atoms. The van der Waals surface area contributed by atoms with Crippen molar-refractivity contribution < 1.29 is 9.53 Å². The molecule has 0 radical (unpaired) electrons. The predicted molar refractivity (Wildman–Crippen MR) is 104 cm³/mol. The number of hydrogen-bond donors (Lipinski definition) is 0. The Morgan fingerprint density at radius 1 is 1.25 bits per heavy atom. The average molecular weight is 384 g/mol. The van der Waals surface area contributed by atoms with E-state index in [9.17, 15) is 4.79 Å². The Morgan fingerprint density at radius 2 is 2.00 bits per heavy atom. The van der Waals surface area contributed by atoms with E-state index in [4.69, 9.17) is 14.7 Å². The molecule has 0 aliphatic carbocycles. The molecule has 0 amide bonds. The number of aromatic nitrogens is 1. The number of rotatable bonds is 4. The maximum absolute atomic E-state index is 11.9. The summed E-state index contributed by atoms with van der Waals surface area (Å²) in [6, 6.07) is 0. The first kappa shape index (κ1) is 17.9. The van der Waals surface area contributed by atoms with E-state index in [1.165, 1.54) is 12.2 Å². The molecule has 0 spiro atoms. The van der Waals surface area contributed by atoms with E-state index in [0.717, 1.165) is 21.5 Å². The lowest BCUT2D eigenvalue weighted by atomic mass is 10.1. The number of methoxy groups -OCH3 is 1. The van der Waals surface area contributed by atoms with E-state index in [-0.39, 0.29) is 11.5 Å². The zero-order valence-electron chi connectivity index (χ0n) is 14.5. The first-order valence-electron chi connectivity index (χ1n) is 7.77. The highest BCUT2D eigenvalue weighted by Crippen LogP contribution is 2.40. The molecule has 2 aliphatic rings. The molecular formula is C16H21N3O2S3. The molecule has 0 N–H and O–H groups in total. The van der Waals surface area contributed by atoms with Crippen LogP contribution in [0.25, 0.3) is 0 Å². The molecule has 0 aromatic carbocycles. The van der Waals surface area contributed by atoms with Crippen LogP contribution >= 0.6 is 34.9 Å². The maximum atomic E-state index is 11.9. The minimum absolute atomic E-state index is 0.261. The quantitative estimate of drug-likeness (QED) is 0.744. The molecule has 8 heteroatoms. The summed E-state index contributed by atoms with van der Waals surface area (Å²) in [4.78, 5) is 26.2. The minimum Gasteiger partial charge on any atom is -0.467 e. The van der Waals surface area contributed by atoms with Crippen molar-refractivity contribution in [2.24, 2.45) is 15.9 Å². The number of nitrogens with zero attached hydrogens (tertiary/aromatic N) is 3. The van der Waals surface area contributed by atoms with Crippen LogP contribution in [0.1, 0.15) is 38.4 Å². The highest BCUT2D eigenvalue weighted by atomic mass is 32.2. The van der Waals surface area contributed by atoms with Crippen molar-refractivity contribution in [1.82, 2.24) is 4.98 Å². The van der Waals surface area contributed by atoms with Gasteiger partial charge in [-0.25, -0.2) is 9.78 Å². The van der Waals surface area contributed by atoms with E-state index >= 15 is 0 Å². The smallest absolute Gasteiger partial charge is 0.334 e. The fraction of sp³-hybridized carbons (Fsp3) is 0.625. The first-order chi connectivity index (χ1) is 11.3. The van der Waals surface area contributed by atoms with Gasteiger partial charge in [0.2, 0.25) is 0 Å². The van der Waals surface area contributed by atoms with Crippen molar-refractivity contribution in [2.75, 3.05) is 18.6 Å². The zero-order chi connectivity index (χ0) is 17.5. The second kappa shape index (κ2) is 6.46. The van der Waals surface area contributed by atoms with Crippen LogP contribution in [0.5, 0.6) is 0 Å². The monoisotopic (exact) mass is 383 g/mol. The van der Waals surface area contributed by atoms with Crippen molar-refractivity contribution in [3.05, 3.63) is 16.1 Å². The van der Waals surface area contributed by atoms with Crippen molar-refractivity contribution in [1.29, 1.82) is 0 Å². The van der Waals surface area contributed by atoms with Crippen LogP contribution in [0.2, 0.25) is 0 Å². The van der Waals surface area contributed by atoms with Gasteiger partial charge < -0.3 is 4.74 Å². The van der Waals surface area contributed by atoms with E-state index in [1.807, 2.05) is 17.1 Å². The Balaban J connectivity index is 1.85. The number of aliphatic imine (C=N–C) groups is 2. The Labute approximate surface area is 154 Å². The molecule has 2 aliphatic heterocycles. The minimum atomic E-state index is -0.811. The second-order valence-corrected chi connectivity index (χ2v) is 9.49. The van der Waals surface area contributed by atoms with Crippen LogP contribution in [0.15, 0.2) is 15.4 Å². The Kier molecular flexibility index (Phi) is 4.83. The van der Waals surface area contributed by atoms with Crippen LogP contribution in [0.3, 0.4) is 0 Å². The average Bonchev–Trinajstić information content (AvgIpc) is 3.25. The van der Waals surface area contributed by atoms with Crippen LogP contribution in [-0.4, -0.2) is 45.2 Å². The number of thioether (sulfide) groups is 2. The third-order valence-corrected chi connectivity index (χ3v) is 7.94. The van der Waals surface area contributed by atoms with Gasteiger partial charge in [-0.1, -0.05) is 13.8 Å². The number of carbonyl (C=O) groups is 1. The molecule has 2 atom stereocenters. The third kappa shape index (κ3) is 3.15. The van der Waals surface area contributed by atoms with Gasteiger partial charge in [0.15, 0.2) is 5.54 Å². The van der Waals surface area contributed by atoms with Crippen molar-refractivity contribution in [3.8, 4) is 0 Å². The van der Waals surface area contributed by atoms with Crippen LogP contribution < -0.4 is 0 Å². The van der Waals surface area contributed by atoms with Crippen LogP contribution in [0, 0.1) is 5.92 Å². The van der Waals surface area contributed by atoms with E-state index in [2.05, 4.69) is 25.8 Å². The number of thiazole rings is 1. The Hall–Kier alpha value is -0.860. The summed E-state index contributed by atoms with van der Waals surface area (Å²) in [5.74, 6) is 1.66. The van der Waals surface area contributed by atoms with E-state index in [0.29, 0.717) is 11.7 Å². The van der Waals surface area contributed by atoms with Gasteiger partial charge in [-0.3, -0.25) is 9.98 Å². The van der Waals surface area contributed by atoms with Gasteiger partial charge in [-0.05, 0) is 13.8 Å². The number of hydrogen-bond acceptors (Lipinski definition) is 8. The molecule has 0 fully saturated rings. The lowest BCUT2D eigenvalue weighted by Crippen LogP contribution is -2.34. The highest BCUT2D eigenvalue weighted by Gasteiger charge is 2.41. The predicted octanol–water partition coefficient (Wildman–Crippen LogP) is 3.58. The fourth-order valence-corrected chi connectivity index (χ4v) is 5.92. The molecule has 130 valence electrons. The molecule has 0 saturated heterocycles. The second-order valence-electron chi connectivity index (χ2n) is 6.68. The molecular weight excluding hydrogens is 362 g/mol. The molecule has 5 nitrogen and oxygen atoms in total. The molecule has 0 unspecified atom stereocenters. The Morgan fingerprint density at radius 3 is 2.62 bits per heavy atom. The summed E-state index contributed by atoms with van der Waals surface area (Å²) in [6.07, 6.45) is 0. The molecule has 0 bridgehead atoms. The van der Waals surface area contributed by atoms with E-state index < -0.39 is 5.54 Å². The van der Waals surface area contributed by atoms with Gasteiger partial charge in [0, 0.05) is 22.8 Å². The van der Waals surface area contributed by atoms with Crippen molar-refractivity contribution in [3.63, 3.8) is 0 Å². The third-order valence-electron chi connectivity index (χ3n) is 4.00. The summed E-state index contributed by atoms with van der Waals surface area (Å²) in [5, 5.41) is 5.03. The molecule has 1 aromatic rings. The first-order valence-corrected chi connectivity index (χ1v) is 10.6. The number of esters is 1. The lowest BCUT2D eigenvalue weighted by molar-refractivity contribution is -0.145. The maximum Gasteiger partial charge on any atom is 0.334 e. The highest BCUT2D eigenvalue weighted by molar-refractivity contribution is 8.14. The normalized spacial score (nSPS) is 29.8. The number of carbonyl (C=O) groups excluding carboxylic acids is 1. The largest absolute Gasteiger partial charge is 0.467 e. The van der Waals surface area contributed by atoms with Gasteiger partial charge in [0.25, 0.3) is 0 Å². The van der Waals surface area contributed by atoms with Crippen molar-refractivity contribution >= 4 is 50.9 Å².